The Morgan fingerprint density at radius 1 is 1.10 bits per heavy atom. The van der Waals surface area contributed by atoms with Crippen LogP contribution in [0.25, 0.3) is 0 Å². The van der Waals surface area contributed by atoms with Gasteiger partial charge in [0.2, 0.25) is 11.8 Å². The van der Waals surface area contributed by atoms with Crippen LogP contribution in [0, 0.1) is 6.92 Å². The normalized spacial score (nSPS) is 22.2. The number of hydrogen-bond donors (Lipinski definition) is 1. The van der Waals surface area contributed by atoms with Gasteiger partial charge in [-0.25, -0.2) is 0 Å². The van der Waals surface area contributed by atoms with E-state index in [1.807, 2.05) is 4.90 Å². The van der Waals surface area contributed by atoms with Crippen LogP contribution in [-0.4, -0.2) is 83.8 Å². The van der Waals surface area contributed by atoms with Gasteiger partial charge < -0.3 is 15.4 Å². The second kappa shape index (κ2) is 11.8. The van der Waals surface area contributed by atoms with Crippen molar-refractivity contribution < 1.29 is 44.8 Å². The van der Waals surface area contributed by atoms with E-state index in [2.05, 4.69) is 9.88 Å². The molecule has 224 valence electrons. The molecule has 2 fully saturated rings. The minimum atomic E-state index is -5.20. The Kier molecular flexibility index (Phi) is 7.66. The smallest absolute Gasteiger partial charge is 0.418 e. The minimum absolute atomic E-state index is 0.0376. The Morgan fingerprint density at radius 3 is 2.41 bits per heavy atom. The fourth-order valence-electron chi connectivity index (χ4n) is 5.63. The number of carbonyl (C=O) groups excluding carboxylic acids is 2. The maximum atomic E-state index is 13.8. The third kappa shape index (κ3) is 6.75. The van der Waals surface area contributed by atoms with Gasteiger partial charge in [-0.3, -0.25) is 24.4 Å². The van der Waals surface area contributed by atoms with Crippen LogP contribution < -0.4 is 10.5 Å². The number of likely N-dealkylation sites (tertiary alicyclic amines) is 1. The van der Waals surface area contributed by atoms with E-state index in [1.165, 1.54) is 11.0 Å². The molecule has 1 aromatic heterocycles. The molecule has 0 saturated carbocycles. The highest BCUT2D eigenvalue weighted by atomic mass is 19.4. The number of rotatable bonds is 7. The van der Waals surface area contributed by atoms with Gasteiger partial charge in [-0.2, -0.15) is 26.3 Å². The van der Waals surface area contributed by atoms with Crippen LogP contribution in [0.2, 0.25) is 0 Å². The molecule has 2 saturated heterocycles. The zero-order valence-corrected chi connectivity index (χ0v) is 22.1. The Balaban J connectivity index is 1.69. The van der Waals surface area contributed by atoms with Gasteiger partial charge in [0.15, 0.2) is 0 Å². The van der Waals surface area contributed by atoms with Gasteiger partial charge in [0.25, 0.3) is 0 Å². The van der Waals surface area contributed by atoms with Crippen LogP contribution in [0.4, 0.5) is 26.3 Å². The third-order valence-electron chi connectivity index (χ3n) is 7.62. The van der Waals surface area contributed by atoms with Gasteiger partial charge in [0.05, 0.1) is 47.0 Å². The second-order valence-electron chi connectivity index (χ2n) is 10.1. The summed E-state index contributed by atoms with van der Waals surface area (Å²) in [5.41, 5.74) is 2.16. The largest absolute Gasteiger partial charge is 0.496 e. The molecule has 0 aliphatic carbocycles. The topological polar surface area (TPSA) is 92.0 Å². The van der Waals surface area contributed by atoms with Crippen molar-refractivity contribution in [3.8, 4) is 5.75 Å². The quantitative estimate of drug-likeness (QED) is 0.497. The molecule has 41 heavy (non-hydrogen) atoms. The van der Waals surface area contributed by atoms with E-state index >= 15 is 0 Å². The van der Waals surface area contributed by atoms with Crippen LogP contribution in [0.1, 0.15) is 44.5 Å². The molecule has 8 nitrogen and oxygen atoms in total. The molecule has 2 aliphatic rings. The fraction of sp³-hybridized carbons (Fsp3) is 0.519. The summed E-state index contributed by atoms with van der Waals surface area (Å²) >= 11 is 0. The summed E-state index contributed by atoms with van der Waals surface area (Å²) in [6.45, 7) is 3.75. The molecule has 0 radical (unpaired) electrons. The molecule has 2 N–H and O–H groups in total. The van der Waals surface area contributed by atoms with Crippen molar-refractivity contribution in [2.45, 2.75) is 44.2 Å². The molecule has 2 aromatic rings. The van der Waals surface area contributed by atoms with E-state index in [-0.39, 0.29) is 37.1 Å². The number of pyridine rings is 1. The first-order valence-electron chi connectivity index (χ1n) is 14.3. The SMILES string of the molecule is [2H]C([2H])([2H])Oc1cccc([C@H]2[C@@H](N3CCN(CC(N)=O)CC3)CCN2C(=O)Cc2ncc(C(F)(F)F)cc2C(F)(F)F)c1C. The molecule has 14 heteroatoms. The molecule has 2 aliphatic heterocycles. The summed E-state index contributed by atoms with van der Waals surface area (Å²) in [4.78, 5) is 33.8. The number of carbonyl (C=O) groups is 2. The first-order valence-corrected chi connectivity index (χ1v) is 12.8. The summed E-state index contributed by atoms with van der Waals surface area (Å²) < 4.78 is 109. The lowest BCUT2D eigenvalue weighted by atomic mass is 9.93. The molecule has 2 amide bonds. The van der Waals surface area contributed by atoms with Gasteiger partial charge >= 0.3 is 12.4 Å². The molecular weight excluding hydrogens is 556 g/mol. The number of primary amides is 1. The highest BCUT2D eigenvalue weighted by Gasteiger charge is 2.44. The maximum Gasteiger partial charge on any atom is 0.418 e. The number of nitrogens with two attached hydrogens (primary N) is 1. The molecule has 4 rings (SSSR count). The van der Waals surface area contributed by atoms with Gasteiger partial charge in [0, 0.05) is 45.0 Å². The predicted molar refractivity (Wildman–Crippen MR) is 136 cm³/mol. The van der Waals surface area contributed by atoms with E-state index in [1.54, 1.807) is 19.1 Å². The summed E-state index contributed by atoms with van der Waals surface area (Å²) in [7, 11) is -2.77. The number of nitrogens with zero attached hydrogens (tertiary/aromatic N) is 4. The van der Waals surface area contributed by atoms with Crippen molar-refractivity contribution in [1.29, 1.82) is 0 Å². The maximum absolute atomic E-state index is 13.8. The third-order valence-corrected chi connectivity index (χ3v) is 7.62. The first kappa shape index (κ1) is 26.5. The van der Waals surface area contributed by atoms with Gasteiger partial charge in [-0.15, -0.1) is 0 Å². The highest BCUT2D eigenvalue weighted by Crippen LogP contribution is 2.41. The Bertz CT molecular complexity index is 1380. The molecule has 1 aromatic carbocycles. The number of ether oxygens (including phenoxy) is 1. The fourth-order valence-corrected chi connectivity index (χ4v) is 5.63. The lowest BCUT2D eigenvalue weighted by Crippen LogP contribution is -2.53. The van der Waals surface area contributed by atoms with Gasteiger partial charge in [0.1, 0.15) is 5.75 Å². The number of amides is 2. The number of halogens is 6. The zero-order chi connectivity index (χ0) is 32.6. The zero-order valence-electron chi connectivity index (χ0n) is 25.1. The van der Waals surface area contributed by atoms with E-state index < -0.39 is 60.5 Å². The number of piperazine rings is 1. The number of hydrogen-bond acceptors (Lipinski definition) is 6. The van der Waals surface area contributed by atoms with Crippen molar-refractivity contribution in [1.82, 2.24) is 19.7 Å². The Labute approximate surface area is 237 Å². The van der Waals surface area contributed by atoms with Gasteiger partial charge in [-0.05, 0) is 36.6 Å². The Morgan fingerprint density at radius 2 is 1.80 bits per heavy atom. The van der Waals surface area contributed by atoms with Gasteiger partial charge in [-0.1, -0.05) is 12.1 Å². The monoisotopic (exact) mass is 590 g/mol. The average Bonchev–Trinajstić information content (AvgIpc) is 3.33. The number of benzene rings is 1. The van der Waals surface area contributed by atoms with Crippen molar-refractivity contribution in [3.63, 3.8) is 0 Å². The molecule has 2 atom stereocenters. The number of methoxy groups -OCH3 is 1. The number of aromatic nitrogens is 1. The summed E-state index contributed by atoms with van der Waals surface area (Å²) in [5, 5.41) is 0. The summed E-state index contributed by atoms with van der Waals surface area (Å²) in [6.07, 6.45) is -10.5. The van der Waals surface area contributed by atoms with Crippen molar-refractivity contribution in [2.24, 2.45) is 5.73 Å². The highest BCUT2D eigenvalue weighted by molar-refractivity contribution is 5.80. The van der Waals surface area contributed by atoms with Crippen molar-refractivity contribution in [2.75, 3.05) is 46.3 Å². The van der Waals surface area contributed by atoms with E-state index in [4.69, 9.17) is 14.6 Å². The average molecular weight is 591 g/mol. The second-order valence-corrected chi connectivity index (χ2v) is 10.1. The Hall–Kier alpha value is -3.39. The molecule has 0 spiro atoms. The molecule has 0 unspecified atom stereocenters. The van der Waals surface area contributed by atoms with Crippen LogP contribution in [0.5, 0.6) is 5.75 Å². The van der Waals surface area contributed by atoms with E-state index in [0.29, 0.717) is 43.7 Å². The van der Waals surface area contributed by atoms with Crippen molar-refractivity contribution in [3.05, 3.63) is 58.4 Å². The molecule has 3 heterocycles. The van der Waals surface area contributed by atoms with E-state index in [0.717, 1.165) is 0 Å². The van der Waals surface area contributed by atoms with Crippen LogP contribution in [-0.2, 0) is 28.4 Å². The van der Waals surface area contributed by atoms with E-state index in [9.17, 15) is 35.9 Å². The lowest BCUT2D eigenvalue weighted by molar-refractivity contribution is -0.144. The lowest BCUT2D eigenvalue weighted by Gasteiger charge is -2.41. The summed E-state index contributed by atoms with van der Waals surface area (Å²) in [5.74, 6) is -1.23. The van der Waals surface area contributed by atoms with Crippen LogP contribution in [0.15, 0.2) is 30.5 Å². The predicted octanol–water partition coefficient (Wildman–Crippen LogP) is 3.42. The van der Waals surface area contributed by atoms with Crippen LogP contribution in [0.3, 0.4) is 0 Å². The minimum Gasteiger partial charge on any atom is -0.496 e. The standard InChI is InChI=1S/C27H31F6N5O3/c1-16-18(4-3-5-22(16)41-2)25-21(37-10-8-36(9-11-37)15-23(34)39)6-7-38(25)24(40)13-20-19(27(31,32)33)12-17(14-35-20)26(28,29)30/h3-5,12,14,21,25H,6-11,13,15H2,1-2H3,(H2,34,39)/t21-,25-/m0/s1/i2D3. The number of alkyl halides is 6. The molecule has 0 bridgehead atoms. The summed E-state index contributed by atoms with van der Waals surface area (Å²) in [6, 6.07) is 3.52. The molecular formula is C27H31F6N5O3. The van der Waals surface area contributed by atoms with Crippen molar-refractivity contribution >= 4 is 11.8 Å². The first-order chi connectivity index (χ1) is 20.3. The van der Waals surface area contributed by atoms with Crippen LogP contribution >= 0.6 is 0 Å².